The van der Waals surface area contributed by atoms with E-state index >= 15 is 0 Å². The average molecular weight is 391 g/mol. The molecule has 3 heterocycles. The Balaban J connectivity index is 1.44. The summed E-state index contributed by atoms with van der Waals surface area (Å²) in [4.78, 5) is 0.160. The summed E-state index contributed by atoms with van der Waals surface area (Å²) in [6.45, 7) is 0.391. The minimum Gasteiger partial charge on any atom is -0.493 e. The Morgan fingerprint density at radius 3 is 2.92 bits per heavy atom. The fourth-order valence-electron chi connectivity index (χ4n) is 2.79. The summed E-state index contributed by atoms with van der Waals surface area (Å²) >= 11 is 1.55. The lowest BCUT2D eigenvalue weighted by Crippen LogP contribution is -2.28. The molecule has 1 aliphatic rings. The van der Waals surface area contributed by atoms with Crippen LogP contribution in [0.5, 0.6) is 5.75 Å². The van der Waals surface area contributed by atoms with Crippen molar-refractivity contribution in [1.82, 2.24) is 4.72 Å². The molecule has 26 heavy (non-hydrogen) atoms. The second-order valence-electron chi connectivity index (χ2n) is 5.95. The molecule has 1 atom stereocenters. The maximum Gasteiger partial charge on any atom is 0.240 e. The van der Waals surface area contributed by atoms with E-state index in [1.807, 2.05) is 16.8 Å². The van der Waals surface area contributed by atoms with E-state index in [4.69, 9.17) is 9.15 Å². The monoisotopic (exact) mass is 391 g/mol. The lowest BCUT2D eigenvalue weighted by molar-refractivity contribution is 0.155. The molecule has 0 saturated heterocycles. The van der Waals surface area contributed by atoms with Crippen molar-refractivity contribution in [2.24, 2.45) is 0 Å². The Morgan fingerprint density at radius 2 is 2.12 bits per heavy atom. The number of thiophene rings is 1. The lowest BCUT2D eigenvalue weighted by atomic mass is 10.2. The van der Waals surface area contributed by atoms with Crippen molar-refractivity contribution in [2.45, 2.75) is 17.4 Å². The molecule has 3 aromatic rings. The topological polar surface area (TPSA) is 88.8 Å². The van der Waals surface area contributed by atoms with E-state index in [0.29, 0.717) is 24.5 Å². The standard InChI is InChI=1S/C18H17NO5S2/c20-15(18-4-3-17(24-18)13-6-8-25-11-13)10-19-26(21,22)14-1-2-16-12(9-14)5-7-23-16/h1-4,6,8-9,11,15,19-20H,5,7,10H2/t15-/m0/s1. The Bertz CT molecular complexity index is 1010. The van der Waals surface area contributed by atoms with E-state index in [-0.39, 0.29) is 11.4 Å². The molecule has 0 amide bonds. The van der Waals surface area contributed by atoms with Gasteiger partial charge in [-0.05, 0) is 47.3 Å². The van der Waals surface area contributed by atoms with Crippen LogP contribution in [0.2, 0.25) is 0 Å². The van der Waals surface area contributed by atoms with Crippen molar-refractivity contribution in [3.8, 4) is 17.1 Å². The number of furan rings is 1. The summed E-state index contributed by atoms with van der Waals surface area (Å²) in [5.74, 6) is 1.68. The predicted octanol–water partition coefficient (Wildman–Crippen LogP) is 2.95. The number of benzene rings is 1. The van der Waals surface area contributed by atoms with Crippen LogP contribution in [0.4, 0.5) is 0 Å². The number of rotatable bonds is 6. The van der Waals surface area contributed by atoms with Gasteiger partial charge in [0.1, 0.15) is 23.4 Å². The maximum absolute atomic E-state index is 12.5. The quantitative estimate of drug-likeness (QED) is 0.674. The van der Waals surface area contributed by atoms with Crippen molar-refractivity contribution in [3.63, 3.8) is 0 Å². The van der Waals surface area contributed by atoms with Gasteiger partial charge in [-0.3, -0.25) is 0 Å². The summed E-state index contributed by atoms with van der Waals surface area (Å²) < 4.78 is 38.4. The molecule has 0 aliphatic carbocycles. The Morgan fingerprint density at radius 1 is 1.23 bits per heavy atom. The van der Waals surface area contributed by atoms with Crippen LogP contribution in [-0.2, 0) is 16.4 Å². The number of sulfonamides is 1. The Kier molecular flexibility index (Phi) is 4.58. The highest BCUT2D eigenvalue weighted by Crippen LogP contribution is 2.29. The second kappa shape index (κ2) is 6.88. The first-order chi connectivity index (χ1) is 12.5. The van der Waals surface area contributed by atoms with E-state index in [1.54, 1.807) is 35.6 Å². The van der Waals surface area contributed by atoms with Crippen molar-refractivity contribution in [1.29, 1.82) is 0 Å². The van der Waals surface area contributed by atoms with Gasteiger partial charge >= 0.3 is 0 Å². The van der Waals surface area contributed by atoms with Crippen LogP contribution < -0.4 is 9.46 Å². The van der Waals surface area contributed by atoms with Gasteiger partial charge in [-0.25, -0.2) is 13.1 Å². The summed E-state index contributed by atoms with van der Waals surface area (Å²) in [5.41, 5.74) is 1.80. The predicted molar refractivity (Wildman–Crippen MR) is 97.8 cm³/mol. The number of fused-ring (bicyclic) bond motifs is 1. The molecule has 4 rings (SSSR count). The largest absolute Gasteiger partial charge is 0.493 e. The molecule has 2 N–H and O–H groups in total. The van der Waals surface area contributed by atoms with Gasteiger partial charge in [0.2, 0.25) is 10.0 Å². The fourth-order valence-corrected chi connectivity index (χ4v) is 4.53. The first kappa shape index (κ1) is 17.3. The fraction of sp³-hybridized carbons (Fsp3) is 0.222. The minimum absolute atomic E-state index is 0.160. The SMILES string of the molecule is O=S(=O)(NC[C@H](O)c1ccc(-c2ccsc2)o1)c1ccc2c(c1)CCO2. The lowest BCUT2D eigenvalue weighted by Gasteiger charge is -2.11. The molecule has 0 spiro atoms. The zero-order valence-electron chi connectivity index (χ0n) is 13.7. The van der Waals surface area contributed by atoms with Gasteiger partial charge in [-0.1, -0.05) is 0 Å². The summed E-state index contributed by atoms with van der Waals surface area (Å²) in [7, 11) is -3.73. The number of aliphatic hydroxyl groups excluding tert-OH is 1. The van der Waals surface area contributed by atoms with Gasteiger partial charge in [0, 0.05) is 23.9 Å². The summed E-state index contributed by atoms with van der Waals surface area (Å²) in [5, 5.41) is 14.1. The molecule has 8 heteroatoms. The smallest absolute Gasteiger partial charge is 0.240 e. The molecule has 0 radical (unpaired) electrons. The van der Waals surface area contributed by atoms with Crippen LogP contribution in [0.15, 0.2) is 56.5 Å². The first-order valence-electron chi connectivity index (χ1n) is 8.09. The van der Waals surface area contributed by atoms with Crippen LogP contribution in [0.25, 0.3) is 11.3 Å². The van der Waals surface area contributed by atoms with E-state index in [0.717, 1.165) is 16.9 Å². The molecule has 1 aromatic carbocycles. The molecule has 1 aliphatic heterocycles. The molecular weight excluding hydrogens is 374 g/mol. The normalized spacial score (nSPS) is 14.8. The van der Waals surface area contributed by atoms with Crippen LogP contribution in [-0.4, -0.2) is 26.7 Å². The summed E-state index contributed by atoms with van der Waals surface area (Å²) in [6, 6.07) is 10.1. The highest BCUT2D eigenvalue weighted by atomic mass is 32.2. The van der Waals surface area contributed by atoms with Crippen molar-refractivity contribution in [3.05, 3.63) is 58.5 Å². The second-order valence-corrected chi connectivity index (χ2v) is 8.50. The third-order valence-electron chi connectivity index (χ3n) is 4.20. The van der Waals surface area contributed by atoms with Gasteiger partial charge in [0.25, 0.3) is 0 Å². The van der Waals surface area contributed by atoms with Crippen LogP contribution in [0.3, 0.4) is 0 Å². The first-order valence-corrected chi connectivity index (χ1v) is 10.5. The molecule has 2 aromatic heterocycles. The van der Waals surface area contributed by atoms with Crippen molar-refractivity contribution < 1.29 is 22.7 Å². The zero-order valence-corrected chi connectivity index (χ0v) is 15.3. The van der Waals surface area contributed by atoms with E-state index in [2.05, 4.69) is 4.72 Å². The molecule has 0 fully saturated rings. The van der Waals surface area contributed by atoms with Crippen LogP contribution >= 0.6 is 11.3 Å². The Hall–Kier alpha value is -2.13. The zero-order chi connectivity index (χ0) is 18.1. The minimum atomic E-state index is -3.73. The van der Waals surface area contributed by atoms with Gasteiger partial charge < -0.3 is 14.3 Å². The molecule has 136 valence electrons. The highest BCUT2D eigenvalue weighted by Gasteiger charge is 2.21. The number of aliphatic hydroxyl groups is 1. The molecule has 0 unspecified atom stereocenters. The highest BCUT2D eigenvalue weighted by molar-refractivity contribution is 7.89. The van der Waals surface area contributed by atoms with Crippen molar-refractivity contribution in [2.75, 3.05) is 13.2 Å². The number of hydrogen-bond acceptors (Lipinski definition) is 6. The Labute approximate surface area is 155 Å². The van der Waals surface area contributed by atoms with E-state index < -0.39 is 16.1 Å². The van der Waals surface area contributed by atoms with E-state index in [9.17, 15) is 13.5 Å². The van der Waals surface area contributed by atoms with Crippen LogP contribution in [0.1, 0.15) is 17.4 Å². The van der Waals surface area contributed by atoms with Crippen LogP contribution in [0, 0.1) is 0 Å². The summed E-state index contributed by atoms with van der Waals surface area (Å²) in [6.07, 6.45) is -0.381. The van der Waals surface area contributed by atoms with Crippen molar-refractivity contribution >= 4 is 21.4 Å². The third kappa shape index (κ3) is 3.41. The van der Waals surface area contributed by atoms with Gasteiger partial charge in [-0.2, -0.15) is 11.3 Å². The maximum atomic E-state index is 12.5. The molecule has 6 nitrogen and oxygen atoms in total. The molecule has 0 bridgehead atoms. The number of nitrogens with one attached hydrogen (secondary N) is 1. The number of ether oxygens (including phenoxy) is 1. The van der Waals surface area contributed by atoms with Gasteiger partial charge in [0.05, 0.1) is 11.5 Å². The average Bonchev–Trinajstić information content (AvgIpc) is 3.39. The van der Waals surface area contributed by atoms with Gasteiger partial charge in [-0.15, -0.1) is 0 Å². The molecule has 0 saturated carbocycles. The number of hydrogen-bond donors (Lipinski definition) is 2. The molecular formula is C18H17NO5S2. The van der Waals surface area contributed by atoms with E-state index in [1.165, 1.54) is 6.07 Å². The third-order valence-corrected chi connectivity index (χ3v) is 6.30. The van der Waals surface area contributed by atoms with Gasteiger partial charge in [0.15, 0.2) is 0 Å².